The van der Waals surface area contributed by atoms with Crippen LogP contribution in [-0.4, -0.2) is 35.0 Å². The molecule has 0 aromatic heterocycles. The van der Waals surface area contributed by atoms with Crippen LogP contribution in [0.25, 0.3) is 0 Å². The molecule has 1 saturated heterocycles. The van der Waals surface area contributed by atoms with E-state index in [1.807, 2.05) is 24.3 Å². The molecule has 1 heterocycles. The van der Waals surface area contributed by atoms with Crippen LogP contribution >= 0.6 is 11.6 Å². The van der Waals surface area contributed by atoms with Gasteiger partial charge in [-0.05, 0) is 73.5 Å². The molecule has 6 aliphatic rings. The Morgan fingerprint density at radius 1 is 1.20 bits per heavy atom. The molecule has 35 heavy (non-hydrogen) atoms. The summed E-state index contributed by atoms with van der Waals surface area (Å²) >= 11 is 6.09. The highest BCUT2D eigenvalue weighted by Crippen LogP contribution is 2.59. The third kappa shape index (κ3) is 4.35. The molecule has 1 aliphatic heterocycles. The second kappa shape index (κ2) is 8.95. The van der Waals surface area contributed by atoms with Crippen LogP contribution in [0.15, 0.2) is 47.7 Å². The number of nitrogens with one attached hydrogen (secondary N) is 1. The summed E-state index contributed by atoms with van der Waals surface area (Å²) < 4.78 is 0. The smallest absolute Gasteiger partial charge is 0.224 e. The van der Waals surface area contributed by atoms with Crippen LogP contribution in [0.2, 0.25) is 5.02 Å². The first-order valence-electron chi connectivity index (χ1n) is 13.4. The number of carbonyl (C=O) groups is 1. The fourth-order valence-electron chi connectivity index (χ4n) is 7.58. The summed E-state index contributed by atoms with van der Waals surface area (Å²) in [5.74, 6) is 2.74. The summed E-state index contributed by atoms with van der Waals surface area (Å²) in [5, 5.41) is 15.8. The van der Waals surface area contributed by atoms with Crippen molar-refractivity contribution in [1.29, 1.82) is 0 Å². The van der Waals surface area contributed by atoms with E-state index in [0.29, 0.717) is 31.0 Å². The monoisotopic (exact) mass is 496 g/mol. The van der Waals surface area contributed by atoms with Gasteiger partial charge in [0.05, 0.1) is 11.6 Å². The first kappa shape index (κ1) is 24.9. The number of fused-ring (bicyclic) bond motifs is 1. The van der Waals surface area contributed by atoms with E-state index in [9.17, 15) is 9.90 Å². The van der Waals surface area contributed by atoms with E-state index >= 15 is 0 Å². The van der Waals surface area contributed by atoms with E-state index in [1.165, 1.54) is 24.8 Å². The molecule has 1 aromatic carbocycles. The standard InChI is InChI=1S/C30H41ClN2O2/c1-18(2)28(32-26(34)16-23-14-20-12-21-15-22(13-20)27(21)23)19(3)33-11-10-30(35,29(4,5)17-33)24-6-8-25(31)9-7-24/h6-9,18,20-22,28,35H,3,10-17H2,1-2,4-5H3,(H,32,34)/t20?,21?,22?,28-,30+/m1/s1. The summed E-state index contributed by atoms with van der Waals surface area (Å²) in [7, 11) is 0. The van der Waals surface area contributed by atoms with Crippen LogP contribution in [-0.2, 0) is 10.4 Å². The van der Waals surface area contributed by atoms with Crippen molar-refractivity contribution in [1.82, 2.24) is 10.2 Å². The molecule has 4 atom stereocenters. The summed E-state index contributed by atoms with van der Waals surface area (Å²) in [5.41, 5.74) is 3.58. The lowest BCUT2D eigenvalue weighted by atomic mass is 9.51. The van der Waals surface area contributed by atoms with Crippen LogP contribution in [0.5, 0.6) is 0 Å². The zero-order valence-corrected chi connectivity index (χ0v) is 22.5. The number of likely N-dealkylation sites (tertiary alicyclic amines) is 1. The zero-order chi connectivity index (χ0) is 25.1. The summed E-state index contributed by atoms with van der Waals surface area (Å²) in [4.78, 5) is 15.5. The highest BCUT2D eigenvalue weighted by Gasteiger charge is 2.50. The quantitative estimate of drug-likeness (QED) is 0.452. The number of amides is 1. The Balaban J connectivity index is 1.26. The predicted octanol–water partition coefficient (Wildman–Crippen LogP) is 6.05. The number of rotatable bonds is 7. The molecule has 0 spiro atoms. The lowest BCUT2D eigenvalue weighted by Crippen LogP contribution is -2.57. The molecule has 3 saturated carbocycles. The maximum atomic E-state index is 13.2. The van der Waals surface area contributed by atoms with Crippen LogP contribution < -0.4 is 5.32 Å². The van der Waals surface area contributed by atoms with Gasteiger partial charge in [0.25, 0.3) is 0 Å². The van der Waals surface area contributed by atoms with Crippen molar-refractivity contribution in [2.45, 2.75) is 77.9 Å². The number of hydrogen-bond acceptors (Lipinski definition) is 3. The van der Waals surface area contributed by atoms with Gasteiger partial charge < -0.3 is 15.3 Å². The predicted molar refractivity (Wildman–Crippen MR) is 142 cm³/mol. The van der Waals surface area contributed by atoms with Gasteiger partial charge in [-0.15, -0.1) is 0 Å². The van der Waals surface area contributed by atoms with Crippen LogP contribution in [0, 0.1) is 29.1 Å². The number of halogens is 1. The van der Waals surface area contributed by atoms with E-state index < -0.39 is 11.0 Å². The Morgan fingerprint density at radius 3 is 2.43 bits per heavy atom. The van der Waals surface area contributed by atoms with Crippen LogP contribution in [0.4, 0.5) is 0 Å². The van der Waals surface area contributed by atoms with Gasteiger partial charge in [-0.25, -0.2) is 0 Å². The van der Waals surface area contributed by atoms with E-state index in [4.69, 9.17) is 11.6 Å². The Kier molecular flexibility index (Phi) is 6.37. The van der Waals surface area contributed by atoms with Crippen LogP contribution in [0.1, 0.15) is 71.8 Å². The second-order valence-electron chi connectivity index (χ2n) is 12.6. The van der Waals surface area contributed by atoms with E-state index in [2.05, 4.69) is 44.5 Å². The number of aliphatic hydroxyl groups is 1. The number of allylic oxidation sites excluding steroid dienone is 1. The molecule has 4 nitrogen and oxygen atoms in total. The lowest BCUT2D eigenvalue weighted by Gasteiger charge is -2.54. The molecule has 0 radical (unpaired) electrons. The van der Waals surface area contributed by atoms with E-state index in [-0.39, 0.29) is 17.9 Å². The molecule has 5 heteroatoms. The fraction of sp³-hybridized carbons (Fsp3) is 0.633. The SMILES string of the molecule is C=C([C@H](NC(=O)CC1=C2C3CC(C1)CC2C3)C(C)C)N1CC[C@](O)(c2ccc(Cl)cc2)C(C)(C)C1. The largest absolute Gasteiger partial charge is 0.384 e. The van der Waals surface area contributed by atoms with Crippen LogP contribution in [0.3, 0.4) is 0 Å². The zero-order valence-electron chi connectivity index (χ0n) is 21.7. The van der Waals surface area contributed by atoms with Crippen molar-refractivity contribution in [2.75, 3.05) is 13.1 Å². The number of hydrogen-bond donors (Lipinski definition) is 2. The molecule has 1 amide bonds. The second-order valence-corrected chi connectivity index (χ2v) is 13.0. The minimum atomic E-state index is -0.944. The Hall–Kier alpha value is -1.78. The minimum absolute atomic E-state index is 0.110. The molecule has 7 rings (SSSR count). The van der Waals surface area contributed by atoms with Gasteiger partial charge in [-0.3, -0.25) is 4.79 Å². The van der Waals surface area contributed by atoms with Gasteiger partial charge in [-0.1, -0.05) is 69.2 Å². The average molecular weight is 497 g/mol. The first-order valence-corrected chi connectivity index (χ1v) is 13.8. The van der Waals surface area contributed by atoms with Gasteiger partial charge in [-0.2, -0.15) is 0 Å². The topological polar surface area (TPSA) is 52.6 Å². The molecule has 190 valence electrons. The maximum Gasteiger partial charge on any atom is 0.224 e. The third-order valence-corrected chi connectivity index (χ3v) is 9.77. The number of piperidine rings is 1. The molecule has 4 fully saturated rings. The summed E-state index contributed by atoms with van der Waals surface area (Å²) in [6.45, 7) is 14.3. The Morgan fingerprint density at radius 2 is 1.86 bits per heavy atom. The first-order chi connectivity index (χ1) is 16.5. The number of carbonyl (C=O) groups excluding carboxylic acids is 1. The van der Waals surface area contributed by atoms with Gasteiger partial charge in [0, 0.05) is 35.6 Å². The van der Waals surface area contributed by atoms with Gasteiger partial charge in [0.2, 0.25) is 5.91 Å². The van der Waals surface area contributed by atoms with Gasteiger partial charge >= 0.3 is 0 Å². The third-order valence-electron chi connectivity index (χ3n) is 9.52. The highest BCUT2D eigenvalue weighted by atomic mass is 35.5. The fourth-order valence-corrected chi connectivity index (χ4v) is 7.71. The van der Waals surface area contributed by atoms with Gasteiger partial charge in [0.1, 0.15) is 0 Å². The lowest BCUT2D eigenvalue weighted by molar-refractivity contribution is -0.124. The molecule has 2 unspecified atom stereocenters. The maximum absolute atomic E-state index is 13.2. The molecule has 1 aromatic rings. The van der Waals surface area contributed by atoms with Crippen molar-refractivity contribution < 1.29 is 9.90 Å². The Labute approximate surface area is 215 Å². The van der Waals surface area contributed by atoms with Crippen molar-refractivity contribution in [3.8, 4) is 0 Å². The summed E-state index contributed by atoms with van der Waals surface area (Å²) in [6, 6.07) is 7.45. The molecule has 2 N–H and O–H groups in total. The van der Waals surface area contributed by atoms with Crippen molar-refractivity contribution in [3.05, 3.63) is 58.3 Å². The highest BCUT2D eigenvalue weighted by molar-refractivity contribution is 6.30. The molecular weight excluding hydrogens is 456 g/mol. The number of benzene rings is 1. The van der Waals surface area contributed by atoms with Crippen molar-refractivity contribution in [3.63, 3.8) is 0 Å². The average Bonchev–Trinajstić information content (AvgIpc) is 2.78. The minimum Gasteiger partial charge on any atom is -0.384 e. The normalized spacial score (nSPS) is 31.9. The summed E-state index contributed by atoms with van der Waals surface area (Å²) in [6.07, 6.45) is 6.35. The van der Waals surface area contributed by atoms with E-state index in [0.717, 1.165) is 35.4 Å². The molecule has 4 bridgehead atoms. The van der Waals surface area contributed by atoms with E-state index in [1.54, 1.807) is 5.57 Å². The molecular formula is C30H41ClN2O2. The van der Waals surface area contributed by atoms with Crippen molar-refractivity contribution >= 4 is 17.5 Å². The van der Waals surface area contributed by atoms with Gasteiger partial charge in [0.15, 0.2) is 0 Å². The molecule has 5 aliphatic carbocycles. The van der Waals surface area contributed by atoms with Crippen molar-refractivity contribution in [2.24, 2.45) is 29.1 Å². The number of nitrogens with zero attached hydrogens (tertiary/aromatic N) is 1. The Bertz CT molecular complexity index is 1030.